The molecule has 1 atom stereocenters. The zero-order valence-electron chi connectivity index (χ0n) is 19.1. The van der Waals surface area contributed by atoms with Gasteiger partial charge in [-0.15, -0.1) is 0 Å². The number of thiophene rings is 1. The lowest BCUT2D eigenvalue weighted by atomic mass is 9.95. The van der Waals surface area contributed by atoms with Crippen LogP contribution in [0.15, 0.2) is 23.0 Å². The van der Waals surface area contributed by atoms with Crippen LogP contribution in [0.1, 0.15) is 35.6 Å². The van der Waals surface area contributed by atoms with Crippen LogP contribution in [-0.2, 0) is 34.5 Å². The first kappa shape index (κ1) is 29.6. The number of hydrogen-bond donors (Lipinski definition) is 2. The van der Waals surface area contributed by atoms with E-state index in [1.165, 1.54) is 29.7 Å². The third kappa shape index (κ3) is 9.78. The third-order valence-electron chi connectivity index (χ3n) is 5.23. The smallest absolute Gasteiger partial charge is 0.475 e. The molecule has 0 bridgehead atoms. The van der Waals surface area contributed by atoms with E-state index in [2.05, 4.69) is 33.9 Å². The average molecular weight is 546 g/mol. The molecule has 0 radical (unpaired) electrons. The molecule has 0 amide bonds. The van der Waals surface area contributed by atoms with Crippen molar-refractivity contribution >= 4 is 23.3 Å². The Morgan fingerprint density at radius 1 is 1.11 bits per heavy atom. The number of rotatable bonds is 6. The van der Waals surface area contributed by atoms with Crippen molar-refractivity contribution < 1.29 is 50.9 Å². The zero-order valence-corrected chi connectivity index (χ0v) is 19.9. The van der Waals surface area contributed by atoms with E-state index in [1.807, 2.05) is 10.9 Å². The largest absolute Gasteiger partial charge is 0.490 e. The number of ether oxygens (including phenoxy) is 1. The Balaban J connectivity index is 0.000000271. The van der Waals surface area contributed by atoms with Crippen molar-refractivity contribution in [3.63, 3.8) is 0 Å². The number of nitrogens with zero attached hydrogens (tertiary/aromatic N) is 3. The van der Waals surface area contributed by atoms with Crippen molar-refractivity contribution in [3.05, 3.63) is 39.8 Å². The fraction of sp³-hybridized carbons (Fsp3) is 0.571. The Kier molecular flexibility index (Phi) is 10.3. The number of aromatic nitrogens is 2. The molecule has 0 aromatic carbocycles. The molecular formula is C21H25F6N3O5S. The molecule has 4 rings (SSSR count). The number of aryl methyl sites for hydroxylation is 1. The molecule has 8 nitrogen and oxygen atoms in total. The Labute approximate surface area is 206 Å². The van der Waals surface area contributed by atoms with E-state index in [-0.39, 0.29) is 0 Å². The Hall–Kier alpha value is -2.65. The second-order valence-electron chi connectivity index (χ2n) is 8.26. The number of hydrogen-bond acceptors (Lipinski definition) is 6. The first-order chi connectivity index (χ1) is 16.7. The summed E-state index contributed by atoms with van der Waals surface area (Å²) in [6.45, 7) is 4.85. The molecule has 1 fully saturated rings. The number of carbonyl (C=O) groups is 2. The molecule has 2 aliphatic rings. The maximum Gasteiger partial charge on any atom is 0.490 e. The molecule has 2 aromatic heterocycles. The lowest BCUT2D eigenvalue weighted by Crippen LogP contribution is -2.35. The number of carboxylic acid groups (broad SMARTS) is 2. The predicted octanol–water partition coefficient (Wildman–Crippen LogP) is 4.27. The molecule has 15 heteroatoms. The highest BCUT2D eigenvalue weighted by Crippen LogP contribution is 2.32. The molecule has 1 unspecified atom stereocenters. The molecule has 1 saturated carbocycles. The topological polar surface area (TPSA) is 105 Å². The van der Waals surface area contributed by atoms with Crippen LogP contribution >= 0.6 is 11.3 Å². The van der Waals surface area contributed by atoms with E-state index in [4.69, 9.17) is 24.5 Å². The summed E-state index contributed by atoms with van der Waals surface area (Å²) in [5, 5.41) is 23.1. The summed E-state index contributed by atoms with van der Waals surface area (Å²) in [5.74, 6) is -4.23. The highest BCUT2D eigenvalue weighted by Gasteiger charge is 2.39. The summed E-state index contributed by atoms with van der Waals surface area (Å²) in [6, 6.07) is 2.22. The van der Waals surface area contributed by atoms with E-state index in [1.54, 1.807) is 11.3 Å². The summed E-state index contributed by atoms with van der Waals surface area (Å²) in [6.07, 6.45) is -5.41. The summed E-state index contributed by atoms with van der Waals surface area (Å²) in [7, 11) is 2.05. The SMILES string of the molecule is Cn1ncc2c1CN(Cc1ccsc1)CC2COCC1CC1.O=C(O)C(F)(F)F.O=C(O)C(F)(F)F. The fourth-order valence-electron chi connectivity index (χ4n) is 3.27. The Morgan fingerprint density at radius 2 is 1.69 bits per heavy atom. The predicted molar refractivity (Wildman–Crippen MR) is 115 cm³/mol. The van der Waals surface area contributed by atoms with Gasteiger partial charge in [0.05, 0.1) is 18.5 Å². The van der Waals surface area contributed by atoms with Gasteiger partial charge in [0.1, 0.15) is 0 Å². The van der Waals surface area contributed by atoms with Crippen LogP contribution in [-0.4, -0.2) is 68.9 Å². The van der Waals surface area contributed by atoms with E-state index >= 15 is 0 Å². The second-order valence-corrected chi connectivity index (χ2v) is 9.04. The monoisotopic (exact) mass is 545 g/mol. The minimum Gasteiger partial charge on any atom is -0.475 e. The highest BCUT2D eigenvalue weighted by atomic mass is 32.1. The summed E-state index contributed by atoms with van der Waals surface area (Å²) in [5.41, 5.74) is 4.15. The van der Waals surface area contributed by atoms with Crippen molar-refractivity contribution in [2.24, 2.45) is 13.0 Å². The van der Waals surface area contributed by atoms with Gasteiger partial charge in [0, 0.05) is 44.8 Å². The van der Waals surface area contributed by atoms with Crippen LogP contribution in [0.25, 0.3) is 0 Å². The van der Waals surface area contributed by atoms with Crippen molar-refractivity contribution in [3.8, 4) is 0 Å². The number of aliphatic carboxylic acids is 2. The minimum absolute atomic E-state index is 0.454. The van der Waals surface area contributed by atoms with Gasteiger partial charge >= 0.3 is 24.3 Å². The molecule has 2 N–H and O–H groups in total. The lowest BCUT2D eigenvalue weighted by Gasteiger charge is -2.32. The number of alkyl halides is 6. The molecule has 36 heavy (non-hydrogen) atoms. The summed E-state index contributed by atoms with van der Waals surface area (Å²) >= 11 is 1.77. The lowest BCUT2D eigenvalue weighted by molar-refractivity contribution is -0.193. The Bertz CT molecular complexity index is 965. The maximum absolute atomic E-state index is 10.6. The number of fused-ring (bicyclic) bond motifs is 1. The van der Waals surface area contributed by atoms with Gasteiger partial charge in [-0.05, 0) is 41.1 Å². The molecule has 0 saturated heterocycles. The molecule has 1 aliphatic heterocycles. The van der Waals surface area contributed by atoms with Crippen LogP contribution in [0.4, 0.5) is 26.3 Å². The molecule has 202 valence electrons. The standard InChI is InChI=1S/C17H23N3OS.2C2HF3O2/c1-19-17-9-20(7-14-4-5-22-12-14)8-15(16(17)6-18-19)11-21-10-13-2-3-13;2*3-2(4,5)1(6)7/h4-6,12-13,15H,2-3,7-11H2,1H3;2*(H,6,7). The Morgan fingerprint density at radius 3 is 2.17 bits per heavy atom. The van der Waals surface area contributed by atoms with Gasteiger partial charge in [-0.25, -0.2) is 9.59 Å². The van der Waals surface area contributed by atoms with Crippen molar-refractivity contribution in [2.45, 2.75) is 44.2 Å². The normalized spacial score (nSPS) is 17.8. The van der Waals surface area contributed by atoms with Crippen LogP contribution < -0.4 is 0 Å². The van der Waals surface area contributed by atoms with E-state index in [0.717, 1.165) is 38.8 Å². The second kappa shape index (κ2) is 12.5. The van der Waals surface area contributed by atoms with Crippen molar-refractivity contribution in [1.29, 1.82) is 0 Å². The highest BCUT2D eigenvalue weighted by molar-refractivity contribution is 7.07. The van der Waals surface area contributed by atoms with E-state index in [9.17, 15) is 26.3 Å². The molecule has 0 spiro atoms. The first-order valence-electron chi connectivity index (χ1n) is 10.6. The van der Waals surface area contributed by atoms with Crippen LogP contribution in [0.5, 0.6) is 0 Å². The third-order valence-corrected chi connectivity index (χ3v) is 5.96. The first-order valence-corrected chi connectivity index (χ1v) is 11.5. The van der Waals surface area contributed by atoms with Gasteiger partial charge in [0.15, 0.2) is 0 Å². The van der Waals surface area contributed by atoms with Gasteiger partial charge in [-0.2, -0.15) is 42.8 Å². The van der Waals surface area contributed by atoms with Gasteiger partial charge in [-0.1, -0.05) is 0 Å². The molecule has 1 aliphatic carbocycles. The molecule has 2 aromatic rings. The van der Waals surface area contributed by atoms with Crippen LogP contribution in [0, 0.1) is 5.92 Å². The summed E-state index contributed by atoms with van der Waals surface area (Å²) in [4.78, 5) is 20.3. The van der Waals surface area contributed by atoms with E-state index in [0.29, 0.717) is 5.92 Å². The van der Waals surface area contributed by atoms with Gasteiger partial charge in [0.25, 0.3) is 0 Å². The number of halogens is 6. The fourth-order valence-corrected chi connectivity index (χ4v) is 3.93. The van der Waals surface area contributed by atoms with Gasteiger partial charge in [0.2, 0.25) is 0 Å². The minimum atomic E-state index is -5.08. The van der Waals surface area contributed by atoms with Gasteiger partial charge < -0.3 is 14.9 Å². The molecule has 3 heterocycles. The maximum atomic E-state index is 10.6. The molecular weight excluding hydrogens is 520 g/mol. The van der Waals surface area contributed by atoms with Crippen molar-refractivity contribution in [1.82, 2.24) is 14.7 Å². The number of carboxylic acids is 2. The van der Waals surface area contributed by atoms with Crippen molar-refractivity contribution in [2.75, 3.05) is 19.8 Å². The average Bonchev–Trinajstić information content (AvgIpc) is 3.30. The van der Waals surface area contributed by atoms with Crippen LogP contribution in [0.3, 0.4) is 0 Å². The van der Waals surface area contributed by atoms with Gasteiger partial charge in [-0.3, -0.25) is 9.58 Å². The van der Waals surface area contributed by atoms with E-state index < -0.39 is 24.3 Å². The quantitative estimate of drug-likeness (QED) is 0.523. The zero-order chi connectivity index (χ0) is 27.1. The summed E-state index contributed by atoms with van der Waals surface area (Å²) < 4.78 is 71.5. The van der Waals surface area contributed by atoms with Crippen LogP contribution in [0.2, 0.25) is 0 Å².